The van der Waals surface area contributed by atoms with Crippen LogP contribution in [0.4, 0.5) is 0 Å². The summed E-state index contributed by atoms with van der Waals surface area (Å²) >= 11 is 0. The Labute approximate surface area is 129 Å². The fourth-order valence-electron chi connectivity index (χ4n) is 3.24. The first-order valence-corrected chi connectivity index (χ1v) is 8.15. The molecule has 21 heavy (non-hydrogen) atoms. The van der Waals surface area contributed by atoms with Gasteiger partial charge in [-0.05, 0) is 57.5 Å². The van der Waals surface area contributed by atoms with E-state index in [9.17, 15) is 0 Å². The lowest BCUT2D eigenvalue weighted by molar-refractivity contribution is 0.0804. The predicted molar refractivity (Wildman–Crippen MR) is 88.8 cm³/mol. The van der Waals surface area contributed by atoms with E-state index >= 15 is 0 Å². The maximum Gasteiger partial charge on any atom is 0.0702 e. The minimum atomic E-state index is 0.344. The van der Waals surface area contributed by atoms with Gasteiger partial charge in [0.05, 0.1) is 6.10 Å². The third-order valence-electron chi connectivity index (χ3n) is 4.76. The van der Waals surface area contributed by atoms with Gasteiger partial charge in [0.2, 0.25) is 0 Å². The summed E-state index contributed by atoms with van der Waals surface area (Å²) in [6, 6.07) is 7.74. The summed E-state index contributed by atoms with van der Waals surface area (Å²) in [6.07, 6.45) is 1.49. The minimum absolute atomic E-state index is 0.344. The van der Waals surface area contributed by atoms with E-state index in [2.05, 4.69) is 63.2 Å². The van der Waals surface area contributed by atoms with Gasteiger partial charge >= 0.3 is 0 Å². The molecule has 1 heterocycles. The quantitative estimate of drug-likeness (QED) is 0.871. The third kappa shape index (κ3) is 4.06. The lowest BCUT2D eigenvalue weighted by atomic mass is 9.99. The van der Waals surface area contributed by atoms with Crippen molar-refractivity contribution in [3.8, 4) is 0 Å². The molecule has 3 heteroatoms. The van der Waals surface area contributed by atoms with Gasteiger partial charge in [-0.15, -0.1) is 0 Å². The average molecular weight is 290 g/mol. The van der Waals surface area contributed by atoms with Crippen molar-refractivity contribution in [3.63, 3.8) is 0 Å². The van der Waals surface area contributed by atoms with E-state index in [-0.39, 0.29) is 0 Å². The Morgan fingerprint density at radius 2 is 2.10 bits per heavy atom. The molecular weight excluding hydrogens is 260 g/mol. The van der Waals surface area contributed by atoms with Crippen molar-refractivity contribution in [3.05, 3.63) is 34.9 Å². The summed E-state index contributed by atoms with van der Waals surface area (Å²) in [5.74, 6) is 0. The van der Waals surface area contributed by atoms with Gasteiger partial charge in [0.15, 0.2) is 0 Å². The number of benzene rings is 1. The fraction of sp³-hybridized carbons (Fsp3) is 0.667. The molecule has 0 saturated carbocycles. The zero-order chi connectivity index (χ0) is 15.4. The molecule has 0 bridgehead atoms. The van der Waals surface area contributed by atoms with E-state index in [4.69, 9.17) is 4.74 Å². The van der Waals surface area contributed by atoms with Gasteiger partial charge in [0.25, 0.3) is 0 Å². The van der Waals surface area contributed by atoms with E-state index in [0.29, 0.717) is 18.2 Å². The standard InChI is InChI=1S/C18H30N2O/c1-6-19-17(16-8-7-13(2)14(3)11-16)12-20(5)18-9-10-21-15(18)4/h7-8,11,15,17-19H,6,9-10,12H2,1-5H3. The van der Waals surface area contributed by atoms with Crippen LogP contribution < -0.4 is 5.32 Å². The van der Waals surface area contributed by atoms with Crippen LogP contribution in [0.3, 0.4) is 0 Å². The molecule has 1 aromatic rings. The molecule has 3 atom stereocenters. The molecule has 1 fully saturated rings. The van der Waals surface area contributed by atoms with E-state index in [1.54, 1.807) is 0 Å². The molecule has 1 aliphatic heterocycles. The van der Waals surface area contributed by atoms with Crippen molar-refractivity contribution >= 4 is 0 Å². The van der Waals surface area contributed by atoms with Crippen LogP contribution >= 0.6 is 0 Å². The molecule has 1 aromatic carbocycles. The number of hydrogen-bond acceptors (Lipinski definition) is 3. The van der Waals surface area contributed by atoms with Crippen LogP contribution in [0, 0.1) is 13.8 Å². The number of aryl methyl sites for hydroxylation is 2. The molecule has 0 amide bonds. The van der Waals surface area contributed by atoms with E-state index < -0.39 is 0 Å². The van der Waals surface area contributed by atoms with Gasteiger partial charge in [0, 0.05) is 25.2 Å². The topological polar surface area (TPSA) is 24.5 Å². The Bertz CT molecular complexity index is 461. The van der Waals surface area contributed by atoms with Crippen molar-refractivity contribution in [2.24, 2.45) is 0 Å². The molecule has 1 aliphatic rings. The van der Waals surface area contributed by atoms with Crippen molar-refractivity contribution in [1.82, 2.24) is 10.2 Å². The Hall–Kier alpha value is -0.900. The molecule has 0 spiro atoms. The zero-order valence-corrected chi connectivity index (χ0v) is 14.1. The molecule has 0 radical (unpaired) electrons. The third-order valence-corrected chi connectivity index (χ3v) is 4.76. The number of hydrogen-bond donors (Lipinski definition) is 1. The van der Waals surface area contributed by atoms with Gasteiger partial charge < -0.3 is 10.1 Å². The van der Waals surface area contributed by atoms with Crippen LogP contribution in [-0.4, -0.2) is 43.8 Å². The van der Waals surface area contributed by atoms with Crippen molar-refractivity contribution in [1.29, 1.82) is 0 Å². The zero-order valence-electron chi connectivity index (χ0n) is 14.1. The predicted octanol–water partition coefficient (Wildman–Crippen LogP) is 3.06. The highest BCUT2D eigenvalue weighted by Crippen LogP contribution is 2.23. The van der Waals surface area contributed by atoms with Crippen LogP contribution in [0.1, 0.15) is 43.0 Å². The highest BCUT2D eigenvalue weighted by molar-refractivity contribution is 5.32. The lowest BCUT2D eigenvalue weighted by Crippen LogP contribution is -2.42. The maximum absolute atomic E-state index is 5.71. The second-order valence-electron chi connectivity index (χ2n) is 6.33. The van der Waals surface area contributed by atoms with Gasteiger partial charge in [0.1, 0.15) is 0 Å². The van der Waals surface area contributed by atoms with Crippen LogP contribution in [0.2, 0.25) is 0 Å². The van der Waals surface area contributed by atoms with Crippen LogP contribution in [0.25, 0.3) is 0 Å². The number of ether oxygens (including phenoxy) is 1. The molecule has 118 valence electrons. The first kappa shape index (κ1) is 16.5. The van der Waals surface area contributed by atoms with Gasteiger partial charge in [-0.3, -0.25) is 4.90 Å². The summed E-state index contributed by atoms with van der Waals surface area (Å²) in [4.78, 5) is 2.46. The number of likely N-dealkylation sites (N-methyl/N-ethyl adjacent to an activating group) is 2. The van der Waals surface area contributed by atoms with Gasteiger partial charge in [-0.2, -0.15) is 0 Å². The molecule has 3 nitrogen and oxygen atoms in total. The first-order chi connectivity index (χ1) is 10.0. The summed E-state index contributed by atoms with van der Waals surface area (Å²) in [5.41, 5.74) is 4.12. The Balaban J connectivity index is 2.09. The Kier molecular flexibility index (Phi) is 5.80. The highest BCUT2D eigenvalue weighted by atomic mass is 16.5. The van der Waals surface area contributed by atoms with Crippen molar-refractivity contribution in [2.75, 3.05) is 26.7 Å². The summed E-state index contributed by atoms with van der Waals surface area (Å²) in [7, 11) is 2.22. The van der Waals surface area contributed by atoms with E-state index in [1.807, 2.05) is 0 Å². The van der Waals surface area contributed by atoms with Crippen molar-refractivity contribution < 1.29 is 4.74 Å². The summed E-state index contributed by atoms with van der Waals surface area (Å²) in [5, 5.41) is 3.63. The van der Waals surface area contributed by atoms with Crippen LogP contribution in [-0.2, 0) is 4.74 Å². The molecule has 0 aromatic heterocycles. The van der Waals surface area contributed by atoms with Crippen molar-refractivity contribution in [2.45, 2.75) is 52.3 Å². The second-order valence-corrected chi connectivity index (χ2v) is 6.33. The molecular formula is C18H30N2O. The smallest absolute Gasteiger partial charge is 0.0702 e. The van der Waals surface area contributed by atoms with E-state index in [1.165, 1.54) is 16.7 Å². The van der Waals surface area contributed by atoms with Gasteiger partial charge in [-0.25, -0.2) is 0 Å². The molecule has 3 unspecified atom stereocenters. The molecule has 0 aliphatic carbocycles. The number of nitrogens with one attached hydrogen (secondary N) is 1. The largest absolute Gasteiger partial charge is 0.377 e. The summed E-state index contributed by atoms with van der Waals surface area (Å²) < 4.78 is 5.71. The van der Waals surface area contributed by atoms with Gasteiger partial charge in [-0.1, -0.05) is 25.1 Å². The summed E-state index contributed by atoms with van der Waals surface area (Å²) in [6.45, 7) is 11.6. The molecule has 1 N–H and O–H groups in total. The van der Waals surface area contributed by atoms with E-state index in [0.717, 1.165) is 26.1 Å². The monoisotopic (exact) mass is 290 g/mol. The fourth-order valence-corrected chi connectivity index (χ4v) is 3.24. The normalized spacial score (nSPS) is 23.7. The number of nitrogens with zero attached hydrogens (tertiary/aromatic N) is 1. The average Bonchev–Trinajstić information content (AvgIpc) is 2.87. The highest BCUT2D eigenvalue weighted by Gasteiger charge is 2.29. The maximum atomic E-state index is 5.71. The van der Waals surface area contributed by atoms with Crippen LogP contribution in [0.15, 0.2) is 18.2 Å². The lowest BCUT2D eigenvalue weighted by Gasteiger charge is -2.31. The van der Waals surface area contributed by atoms with Crippen LogP contribution in [0.5, 0.6) is 0 Å². The molecule has 1 saturated heterocycles. The molecule has 2 rings (SSSR count). The SMILES string of the molecule is CCNC(CN(C)C1CCOC1C)c1ccc(C)c(C)c1. The Morgan fingerprint density at radius 1 is 1.33 bits per heavy atom. The number of rotatable bonds is 6. The second kappa shape index (κ2) is 7.39. The minimum Gasteiger partial charge on any atom is -0.377 e. The Morgan fingerprint density at radius 3 is 2.67 bits per heavy atom. The first-order valence-electron chi connectivity index (χ1n) is 8.15.